The highest BCUT2D eigenvalue weighted by atomic mass is 32.2. The third-order valence-corrected chi connectivity index (χ3v) is 4.65. The summed E-state index contributed by atoms with van der Waals surface area (Å²) in [6, 6.07) is 12.3. The molecule has 0 fully saturated rings. The summed E-state index contributed by atoms with van der Waals surface area (Å²) in [5.41, 5.74) is 0.946. The zero-order valence-corrected chi connectivity index (χ0v) is 15.4. The predicted molar refractivity (Wildman–Crippen MR) is 98.0 cm³/mol. The van der Waals surface area contributed by atoms with Gasteiger partial charge in [0, 0.05) is 6.54 Å². The molecular formula is C18H21FN2O4S. The summed E-state index contributed by atoms with van der Waals surface area (Å²) in [6.45, 7) is 2.27. The van der Waals surface area contributed by atoms with Crippen molar-refractivity contribution in [3.63, 3.8) is 0 Å². The first-order valence-corrected chi connectivity index (χ1v) is 9.86. The zero-order chi connectivity index (χ0) is 19.2. The van der Waals surface area contributed by atoms with Gasteiger partial charge < -0.3 is 10.1 Å². The molecule has 0 aliphatic carbocycles. The van der Waals surface area contributed by atoms with Crippen LogP contribution < -0.4 is 14.4 Å². The van der Waals surface area contributed by atoms with E-state index in [1.54, 1.807) is 12.1 Å². The molecule has 0 atom stereocenters. The van der Waals surface area contributed by atoms with Crippen LogP contribution in [0.1, 0.15) is 12.5 Å². The van der Waals surface area contributed by atoms with Crippen molar-refractivity contribution in [2.24, 2.45) is 0 Å². The van der Waals surface area contributed by atoms with Crippen LogP contribution in [0.15, 0.2) is 48.5 Å². The van der Waals surface area contributed by atoms with Crippen molar-refractivity contribution in [2.75, 3.05) is 23.7 Å². The number of nitrogens with one attached hydrogen (secondary N) is 1. The minimum Gasteiger partial charge on any atom is -0.494 e. The SMILES string of the molecule is CCOc1ccc(CNC(=O)CN(c2cccc(F)c2)S(C)(=O)=O)cc1. The van der Waals surface area contributed by atoms with Gasteiger partial charge in [0.25, 0.3) is 0 Å². The summed E-state index contributed by atoms with van der Waals surface area (Å²) in [5.74, 6) is -0.337. The Labute approximate surface area is 152 Å². The first-order valence-electron chi connectivity index (χ1n) is 8.01. The van der Waals surface area contributed by atoms with Crippen LogP contribution in [-0.2, 0) is 21.4 Å². The summed E-state index contributed by atoms with van der Waals surface area (Å²) in [4.78, 5) is 12.2. The number of hydrogen-bond acceptors (Lipinski definition) is 4. The molecule has 2 aromatic carbocycles. The Morgan fingerprint density at radius 1 is 1.19 bits per heavy atom. The Morgan fingerprint density at radius 2 is 1.88 bits per heavy atom. The van der Waals surface area contributed by atoms with E-state index in [1.165, 1.54) is 18.2 Å². The fraction of sp³-hybridized carbons (Fsp3) is 0.278. The van der Waals surface area contributed by atoms with Gasteiger partial charge in [-0.2, -0.15) is 0 Å². The van der Waals surface area contributed by atoms with Gasteiger partial charge in [0.1, 0.15) is 18.1 Å². The molecule has 0 unspecified atom stereocenters. The number of rotatable bonds is 8. The average Bonchev–Trinajstić information content (AvgIpc) is 2.58. The summed E-state index contributed by atoms with van der Waals surface area (Å²) in [7, 11) is -3.74. The molecule has 2 rings (SSSR count). The van der Waals surface area contributed by atoms with Crippen LogP contribution in [0.3, 0.4) is 0 Å². The topological polar surface area (TPSA) is 75.7 Å². The molecule has 6 nitrogen and oxygen atoms in total. The molecule has 26 heavy (non-hydrogen) atoms. The molecule has 2 aromatic rings. The van der Waals surface area contributed by atoms with E-state index in [-0.39, 0.29) is 12.2 Å². The summed E-state index contributed by atoms with van der Waals surface area (Å²) < 4.78 is 43.5. The van der Waals surface area contributed by atoms with Gasteiger partial charge in [0.2, 0.25) is 15.9 Å². The monoisotopic (exact) mass is 380 g/mol. The second-order valence-corrected chi connectivity index (χ2v) is 7.51. The smallest absolute Gasteiger partial charge is 0.241 e. The number of carbonyl (C=O) groups is 1. The first-order chi connectivity index (χ1) is 12.3. The average molecular weight is 380 g/mol. The molecule has 1 amide bonds. The number of hydrogen-bond donors (Lipinski definition) is 1. The lowest BCUT2D eigenvalue weighted by Gasteiger charge is -2.21. The lowest BCUT2D eigenvalue weighted by Crippen LogP contribution is -2.40. The van der Waals surface area contributed by atoms with E-state index in [9.17, 15) is 17.6 Å². The summed E-state index contributed by atoms with van der Waals surface area (Å²) >= 11 is 0. The molecular weight excluding hydrogens is 359 g/mol. The third-order valence-electron chi connectivity index (χ3n) is 3.51. The van der Waals surface area contributed by atoms with Gasteiger partial charge in [-0.05, 0) is 42.8 Å². The Kier molecular flexibility index (Phi) is 6.57. The summed E-state index contributed by atoms with van der Waals surface area (Å²) in [5, 5.41) is 2.66. The number of ether oxygens (including phenoxy) is 1. The van der Waals surface area contributed by atoms with E-state index < -0.39 is 28.3 Å². The molecule has 1 N–H and O–H groups in total. The number of halogens is 1. The van der Waals surface area contributed by atoms with Crippen molar-refractivity contribution in [1.29, 1.82) is 0 Å². The molecule has 8 heteroatoms. The Balaban J connectivity index is 2.01. The number of anilines is 1. The van der Waals surface area contributed by atoms with E-state index in [1.807, 2.05) is 19.1 Å². The Bertz CT molecular complexity index is 854. The Hall–Kier alpha value is -2.61. The van der Waals surface area contributed by atoms with Crippen LogP contribution in [0.25, 0.3) is 0 Å². The maximum Gasteiger partial charge on any atom is 0.241 e. The first kappa shape index (κ1) is 19.7. The lowest BCUT2D eigenvalue weighted by atomic mass is 10.2. The van der Waals surface area contributed by atoms with Gasteiger partial charge in [0.05, 0.1) is 18.6 Å². The minimum atomic E-state index is -3.74. The molecule has 0 radical (unpaired) electrons. The molecule has 0 aromatic heterocycles. The predicted octanol–water partition coefficient (Wildman–Crippen LogP) is 2.31. The molecule has 0 heterocycles. The highest BCUT2D eigenvalue weighted by molar-refractivity contribution is 7.92. The number of sulfonamides is 1. The number of benzene rings is 2. The molecule has 0 bridgehead atoms. The minimum absolute atomic E-state index is 0.101. The highest BCUT2D eigenvalue weighted by Crippen LogP contribution is 2.18. The van der Waals surface area contributed by atoms with Crippen molar-refractivity contribution >= 4 is 21.6 Å². The van der Waals surface area contributed by atoms with Gasteiger partial charge in [-0.3, -0.25) is 9.10 Å². The number of nitrogens with zero attached hydrogens (tertiary/aromatic N) is 1. The van der Waals surface area contributed by atoms with Gasteiger partial charge in [-0.15, -0.1) is 0 Å². The second kappa shape index (κ2) is 8.66. The van der Waals surface area contributed by atoms with Crippen LogP contribution in [0.5, 0.6) is 5.75 Å². The summed E-state index contributed by atoms with van der Waals surface area (Å²) in [6.07, 6.45) is 0.970. The van der Waals surface area contributed by atoms with E-state index in [0.717, 1.165) is 27.9 Å². The molecule has 0 saturated carbocycles. The van der Waals surface area contributed by atoms with Crippen LogP contribution in [-0.4, -0.2) is 33.7 Å². The fourth-order valence-corrected chi connectivity index (χ4v) is 3.14. The maximum absolute atomic E-state index is 13.4. The molecule has 0 aliphatic heterocycles. The van der Waals surface area contributed by atoms with E-state index in [2.05, 4.69) is 5.32 Å². The molecule has 140 valence electrons. The van der Waals surface area contributed by atoms with Crippen molar-refractivity contribution < 1.29 is 22.3 Å². The largest absolute Gasteiger partial charge is 0.494 e. The van der Waals surface area contributed by atoms with Crippen molar-refractivity contribution in [2.45, 2.75) is 13.5 Å². The van der Waals surface area contributed by atoms with E-state index >= 15 is 0 Å². The van der Waals surface area contributed by atoms with E-state index in [0.29, 0.717) is 6.61 Å². The number of carbonyl (C=O) groups excluding carboxylic acids is 1. The molecule has 0 saturated heterocycles. The van der Waals surface area contributed by atoms with Gasteiger partial charge in [0.15, 0.2) is 0 Å². The van der Waals surface area contributed by atoms with Crippen LogP contribution in [0.4, 0.5) is 10.1 Å². The normalized spacial score (nSPS) is 11.0. The third kappa shape index (κ3) is 5.73. The van der Waals surface area contributed by atoms with Gasteiger partial charge in [-0.1, -0.05) is 18.2 Å². The quantitative estimate of drug-likeness (QED) is 0.763. The van der Waals surface area contributed by atoms with Crippen LogP contribution in [0.2, 0.25) is 0 Å². The van der Waals surface area contributed by atoms with Crippen molar-refractivity contribution in [3.8, 4) is 5.75 Å². The maximum atomic E-state index is 13.4. The second-order valence-electron chi connectivity index (χ2n) is 5.60. The van der Waals surface area contributed by atoms with Crippen LogP contribution >= 0.6 is 0 Å². The Morgan fingerprint density at radius 3 is 2.46 bits per heavy atom. The lowest BCUT2D eigenvalue weighted by molar-refractivity contribution is -0.119. The van der Waals surface area contributed by atoms with Gasteiger partial charge in [-0.25, -0.2) is 12.8 Å². The van der Waals surface area contributed by atoms with Crippen molar-refractivity contribution in [1.82, 2.24) is 5.32 Å². The standard InChI is InChI=1S/C18H21FN2O4S/c1-3-25-17-9-7-14(8-10-17)12-20-18(22)13-21(26(2,23)24)16-6-4-5-15(19)11-16/h4-11H,3,12-13H2,1-2H3,(H,20,22). The number of amides is 1. The van der Waals surface area contributed by atoms with Gasteiger partial charge >= 0.3 is 0 Å². The fourth-order valence-electron chi connectivity index (χ4n) is 2.29. The highest BCUT2D eigenvalue weighted by Gasteiger charge is 2.21. The van der Waals surface area contributed by atoms with Crippen LogP contribution in [0, 0.1) is 5.82 Å². The van der Waals surface area contributed by atoms with Crippen molar-refractivity contribution in [3.05, 3.63) is 59.9 Å². The zero-order valence-electron chi connectivity index (χ0n) is 14.6. The van der Waals surface area contributed by atoms with E-state index in [4.69, 9.17) is 4.74 Å². The molecule has 0 aliphatic rings. The molecule has 0 spiro atoms.